The molecule has 4 rings (SSSR count). The van der Waals surface area contributed by atoms with E-state index in [0.29, 0.717) is 5.17 Å². The summed E-state index contributed by atoms with van der Waals surface area (Å²) < 4.78 is 5.88. The van der Waals surface area contributed by atoms with E-state index in [2.05, 4.69) is 41.1 Å². The number of aryl methyl sites for hydroxylation is 1. The highest BCUT2D eigenvalue weighted by molar-refractivity contribution is 7.80. The molecule has 0 radical (unpaired) electrons. The first kappa shape index (κ1) is 14.2. The smallest absolute Gasteiger partial charge is 0.269 e. The van der Waals surface area contributed by atoms with Crippen LogP contribution in [0.3, 0.4) is 0 Å². The molecule has 1 aliphatic heterocycles. The van der Waals surface area contributed by atoms with Gasteiger partial charge in [-0.3, -0.25) is 4.98 Å². The zero-order valence-corrected chi connectivity index (χ0v) is 13.6. The fourth-order valence-corrected chi connectivity index (χ4v) is 3.29. The van der Waals surface area contributed by atoms with Crippen LogP contribution in [-0.4, -0.2) is 16.7 Å². The molecule has 0 spiro atoms. The minimum atomic E-state index is 0.504. The van der Waals surface area contributed by atoms with E-state index in [1.54, 1.807) is 0 Å². The average molecular weight is 320 g/mol. The molecule has 2 aromatic carbocycles. The quantitative estimate of drug-likeness (QED) is 0.673. The molecule has 0 N–H and O–H groups in total. The third-order valence-electron chi connectivity index (χ3n) is 4.21. The second-order valence-electron chi connectivity index (χ2n) is 5.69. The Balaban J connectivity index is 1.74. The maximum absolute atomic E-state index is 5.88. The van der Waals surface area contributed by atoms with Crippen LogP contribution in [0.5, 0.6) is 5.75 Å². The van der Waals surface area contributed by atoms with Gasteiger partial charge < -0.3 is 9.64 Å². The molecule has 3 aromatic rings. The van der Waals surface area contributed by atoms with Crippen molar-refractivity contribution >= 4 is 34.0 Å². The van der Waals surface area contributed by atoms with Gasteiger partial charge in [-0.25, -0.2) is 0 Å². The van der Waals surface area contributed by atoms with Crippen molar-refractivity contribution in [2.24, 2.45) is 0 Å². The van der Waals surface area contributed by atoms with Crippen LogP contribution in [0, 0.1) is 6.92 Å². The van der Waals surface area contributed by atoms with Crippen LogP contribution in [0.15, 0.2) is 54.7 Å². The first-order valence-electron chi connectivity index (χ1n) is 7.65. The van der Waals surface area contributed by atoms with Crippen molar-refractivity contribution < 1.29 is 4.74 Å². The SMILES string of the molecule is Cc1ccc2c3c(ccnc13)N(CCc1ccccc1)C(=S)O2. The summed E-state index contributed by atoms with van der Waals surface area (Å²) in [6, 6.07) is 16.4. The number of thiocarbonyl (C=S) groups is 1. The molecule has 114 valence electrons. The Morgan fingerprint density at radius 2 is 1.91 bits per heavy atom. The normalized spacial score (nSPS) is 13.3. The molecule has 1 aromatic heterocycles. The first-order chi connectivity index (χ1) is 11.2. The first-order valence-corrected chi connectivity index (χ1v) is 8.06. The van der Waals surface area contributed by atoms with Gasteiger partial charge in [0.15, 0.2) is 0 Å². The van der Waals surface area contributed by atoms with E-state index in [1.165, 1.54) is 5.56 Å². The minimum Gasteiger partial charge on any atom is -0.431 e. The van der Waals surface area contributed by atoms with Crippen molar-refractivity contribution in [2.75, 3.05) is 11.4 Å². The van der Waals surface area contributed by atoms with Gasteiger partial charge in [-0.05, 0) is 48.8 Å². The predicted octanol–water partition coefficient (Wildman–Crippen LogP) is 4.27. The predicted molar refractivity (Wildman–Crippen MR) is 97.2 cm³/mol. The lowest BCUT2D eigenvalue weighted by Gasteiger charge is -2.31. The molecule has 0 amide bonds. The number of nitrogens with zero attached hydrogens (tertiary/aromatic N) is 2. The summed E-state index contributed by atoms with van der Waals surface area (Å²) in [5.41, 5.74) is 4.49. The number of anilines is 1. The van der Waals surface area contributed by atoms with Crippen LogP contribution in [0.1, 0.15) is 11.1 Å². The van der Waals surface area contributed by atoms with Crippen molar-refractivity contribution in [3.63, 3.8) is 0 Å². The van der Waals surface area contributed by atoms with E-state index in [4.69, 9.17) is 17.0 Å². The van der Waals surface area contributed by atoms with Crippen LogP contribution >= 0.6 is 12.2 Å². The van der Waals surface area contributed by atoms with Gasteiger partial charge in [-0.1, -0.05) is 36.4 Å². The van der Waals surface area contributed by atoms with E-state index in [-0.39, 0.29) is 0 Å². The minimum absolute atomic E-state index is 0.504. The second kappa shape index (κ2) is 5.63. The fraction of sp³-hybridized carbons (Fsp3) is 0.158. The van der Waals surface area contributed by atoms with Crippen LogP contribution < -0.4 is 9.64 Å². The highest BCUT2D eigenvalue weighted by Crippen LogP contribution is 2.39. The van der Waals surface area contributed by atoms with Crippen LogP contribution in [0.4, 0.5) is 5.69 Å². The average Bonchev–Trinajstić information content (AvgIpc) is 2.58. The number of aromatic nitrogens is 1. The summed E-state index contributed by atoms with van der Waals surface area (Å²) in [5.74, 6) is 0.801. The number of pyridine rings is 1. The molecule has 0 fully saturated rings. The molecule has 0 aliphatic carbocycles. The number of benzene rings is 2. The number of hydrogen-bond donors (Lipinski definition) is 0. The molecule has 3 nitrogen and oxygen atoms in total. The van der Waals surface area contributed by atoms with Gasteiger partial charge in [0.1, 0.15) is 5.75 Å². The Hall–Kier alpha value is -2.46. The van der Waals surface area contributed by atoms with Gasteiger partial charge in [0.2, 0.25) is 0 Å². The van der Waals surface area contributed by atoms with Crippen molar-refractivity contribution in [2.45, 2.75) is 13.3 Å². The number of ether oxygens (including phenoxy) is 1. The van der Waals surface area contributed by atoms with Gasteiger partial charge in [0.05, 0.1) is 16.6 Å². The van der Waals surface area contributed by atoms with E-state index in [1.807, 2.05) is 30.5 Å². The summed E-state index contributed by atoms with van der Waals surface area (Å²) in [7, 11) is 0. The monoisotopic (exact) mass is 320 g/mol. The largest absolute Gasteiger partial charge is 0.431 e. The van der Waals surface area contributed by atoms with Crippen molar-refractivity contribution in [1.82, 2.24) is 4.98 Å². The lowest BCUT2D eigenvalue weighted by Crippen LogP contribution is -2.37. The van der Waals surface area contributed by atoms with Gasteiger partial charge in [-0.15, -0.1) is 0 Å². The lowest BCUT2D eigenvalue weighted by molar-refractivity contribution is 0.545. The van der Waals surface area contributed by atoms with Crippen LogP contribution in [-0.2, 0) is 6.42 Å². The molecular formula is C19H16N2OS. The van der Waals surface area contributed by atoms with Crippen LogP contribution in [0.2, 0.25) is 0 Å². The van der Waals surface area contributed by atoms with E-state index in [9.17, 15) is 0 Å². The summed E-state index contributed by atoms with van der Waals surface area (Å²) in [4.78, 5) is 6.58. The van der Waals surface area contributed by atoms with Crippen molar-refractivity contribution in [1.29, 1.82) is 0 Å². The summed E-state index contributed by atoms with van der Waals surface area (Å²) in [5, 5.41) is 1.55. The topological polar surface area (TPSA) is 25.4 Å². The zero-order chi connectivity index (χ0) is 15.8. The third-order valence-corrected chi connectivity index (χ3v) is 4.51. The Kier molecular flexibility index (Phi) is 3.46. The second-order valence-corrected chi connectivity index (χ2v) is 6.04. The van der Waals surface area contributed by atoms with E-state index in [0.717, 1.165) is 40.9 Å². The Bertz CT molecular complexity index is 893. The fourth-order valence-electron chi connectivity index (χ4n) is 3.01. The Morgan fingerprint density at radius 1 is 1.09 bits per heavy atom. The molecule has 2 heterocycles. The highest BCUT2D eigenvalue weighted by Gasteiger charge is 2.25. The van der Waals surface area contributed by atoms with Gasteiger partial charge in [0.25, 0.3) is 5.17 Å². The van der Waals surface area contributed by atoms with Crippen molar-refractivity contribution in [3.05, 3.63) is 65.9 Å². The Labute approximate surface area is 140 Å². The molecule has 0 atom stereocenters. The Morgan fingerprint density at radius 3 is 2.74 bits per heavy atom. The molecular weight excluding hydrogens is 304 g/mol. The number of hydrogen-bond acceptors (Lipinski definition) is 3. The molecule has 0 saturated carbocycles. The van der Waals surface area contributed by atoms with Gasteiger partial charge in [-0.2, -0.15) is 0 Å². The van der Waals surface area contributed by atoms with E-state index >= 15 is 0 Å². The van der Waals surface area contributed by atoms with Gasteiger partial charge >= 0.3 is 0 Å². The lowest BCUT2D eigenvalue weighted by atomic mass is 10.1. The number of rotatable bonds is 3. The van der Waals surface area contributed by atoms with Gasteiger partial charge in [0, 0.05) is 12.7 Å². The zero-order valence-electron chi connectivity index (χ0n) is 12.8. The highest BCUT2D eigenvalue weighted by atomic mass is 32.1. The maximum Gasteiger partial charge on any atom is 0.269 e. The summed E-state index contributed by atoms with van der Waals surface area (Å²) in [6.45, 7) is 2.85. The molecule has 23 heavy (non-hydrogen) atoms. The molecule has 0 saturated heterocycles. The maximum atomic E-state index is 5.88. The third kappa shape index (κ3) is 2.45. The summed E-state index contributed by atoms with van der Waals surface area (Å²) in [6.07, 6.45) is 2.76. The standard InChI is InChI=1S/C19H16N2OS/c1-13-7-8-16-17-15(9-11-20-18(13)17)21(19(23)22-16)12-10-14-5-3-2-4-6-14/h2-9,11H,10,12H2,1H3. The molecule has 0 bridgehead atoms. The van der Waals surface area contributed by atoms with Crippen molar-refractivity contribution in [3.8, 4) is 5.75 Å². The summed E-state index contributed by atoms with van der Waals surface area (Å²) >= 11 is 5.48. The molecule has 0 unspecified atom stereocenters. The molecule has 1 aliphatic rings. The van der Waals surface area contributed by atoms with E-state index < -0.39 is 0 Å². The van der Waals surface area contributed by atoms with Crippen LogP contribution in [0.25, 0.3) is 10.9 Å². The molecule has 4 heteroatoms.